The first-order valence-corrected chi connectivity index (χ1v) is 7.47. The third-order valence-corrected chi connectivity index (χ3v) is 3.47. The van der Waals surface area contributed by atoms with Gasteiger partial charge in [-0.05, 0) is 11.6 Å². The van der Waals surface area contributed by atoms with Crippen LogP contribution in [0.2, 0.25) is 5.15 Å². The van der Waals surface area contributed by atoms with Crippen LogP contribution < -0.4 is 5.32 Å². The van der Waals surface area contributed by atoms with Crippen LogP contribution in [0.15, 0.2) is 42.6 Å². The Bertz CT molecular complexity index is 687. The van der Waals surface area contributed by atoms with E-state index in [0.29, 0.717) is 0 Å². The van der Waals surface area contributed by atoms with Gasteiger partial charge in [0.2, 0.25) is 0 Å². The summed E-state index contributed by atoms with van der Waals surface area (Å²) >= 11 is 5.45. The number of alkyl carbamates (subject to hydrolysis) is 1. The van der Waals surface area contributed by atoms with Gasteiger partial charge in [0.15, 0.2) is 11.0 Å². The Morgan fingerprint density at radius 3 is 2.71 bits per heavy atom. The fraction of sp³-hybridized carbons (Fsp3) is 0.250. The highest BCUT2D eigenvalue weighted by Gasteiger charge is 2.21. The van der Waals surface area contributed by atoms with Crippen molar-refractivity contribution in [2.75, 3.05) is 6.54 Å². The molecule has 1 aromatic heterocycles. The standard InChI is InChI=1S/C16H16ClFN2O4/c17-15-12(18)6-11(7-19-15)14(22)13(21)8-20-16(23)24-9-10-4-2-1-3-5-10/h1-7,13-14,21-22H,8-9H2,(H,20,23). The zero-order chi connectivity index (χ0) is 17.5. The molecule has 0 radical (unpaired) electrons. The largest absolute Gasteiger partial charge is 0.445 e. The number of hydrogen-bond acceptors (Lipinski definition) is 5. The number of amides is 1. The number of nitrogens with one attached hydrogen (secondary N) is 1. The molecule has 6 nitrogen and oxygen atoms in total. The van der Waals surface area contributed by atoms with Gasteiger partial charge in [0, 0.05) is 18.3 Å². The molecule has 3 N–H and O–H groups in total. The molecular weight excluding hydrogens is 339 g/mol. The molecule has 2 atom stereocenters. The van der Waals surface area contributed by atoms with Gasteiger partial charge < -0.3 is 20.3 Å². The number of nitrogens with zero attached hydrogens (tertiary/aromatic N) is 1. The second-order valence-electron chi connectivity index (χ2n) is 5.00. The number of rotatable bonds is 6. The Balaban J connectivity index is 1.80. The topological polar surface area (TPSA) is 91.7 Å². The van der Waals surface area contributed by atoms with E-state index in [1.807, 2.05) is 18.2 Å². The molecule has 1 heterocycles. The normalized spacial score (nSPS) is 13.2. The van der Waals surface area contributed by atoms with Crippen LogP contribution in [-0.2, 0) is 11.3 Å². The summed E-state index contributed by atoms with van der Waals surface area (Å²) in [4.78, 5) is 15.1. The molecule has 0 saturated carbocycles. The van der Waals surface area contributed by atoms with E-state index in [2.05, 4.69) is 10.3 Å². The molecule has 1 aromatic carbocycles. The highest BCUT2D eigenvalue weighted by Crippen LogP contribution is 2.20. The first-order valence-electron chi connectivity index (χ1n) is 7.09. The van der Waals surface area contributed by atoms with Gasteiger partial charge in [-0.15, -0.1) is 0 Å². The fourth-order valence-electron chi connectivity index (χ4n) is 1.89. The lowest BCUT2D eigenvalue weighted by Gasteiger charge is -2.18. The summed E-state index contributed by atoms with van der Waals surface area (Å²) in [6, 6.07) is 10.0. The van der Waals surface area contributed by atoms with E-state index in [1.165, 1.54) is 0 Å². The molecule has 128 valence electrons. The van der Waals surface area contributed by atoms with E-state index < -0.39 is 24.1 Å². The molecule has 0 bridgehead atoms. The average Bonchev–Trinajstić information content (AvgIpc) is 2.60. The lowest BCUT2D eigenvalue weighted by atomic mass is 10.1. The second kappa shape index (κ2) is 8.58. The van der Waals surface area contributed by atoms with Crippen LogP contribution in [-0.4, -0.2) is 33.9 Å². The number of hydrogen-bond donors (Lipinski definition) is 3. The number of aliphatic hydroxyl groups is 2. The molecule has 1 amide bonds. The minimum atomic E-state index is -1.43. The van der Waals surface area contributed by atoms with Crippen LogP contribution in [0.1, 0.15) is 17.2 Å². The maximum Gasteiger partial charge on any atom is 0.407 e. The Labute approximate surface area is 142 Å². The number of benzene rings is 1. The van der Waals surface area contributed by atoms with Gasteiger partial charge in [0.1, 0.15) is 18.8 Å². The summed E-state index contributed by atoms with van der Waals surface area (Å²) in [5.41, 5.74) is 0.861. The Morgan fingerprint density at radius 1 is 1.33 bits per heavy atom. The fourth-order valence-corrected chi connectivity index (χ4v) is 2.00. The Kier molecular flexibility index (Phi) is 6.48. The average molecular weight is 355 g/mol. The van der Waals surface area contributed by atoms with Crippen molar-refractivity contribution in [2.24, 2.45) is 0 Å². The predicted molar refractivity (Wildman–Crippen MR) is 84.8 cm³/mol. The summed E-state index contributed by atoms with van der Waals surface area (Å²) in [5, 5.41) is 21.8. The van der Waals surface area contributed by atoms with E-state index in [1.54, 1.807) is 12.1 Å². The summed E-state index contributed by atoms with van der Waals surface area (Å²) in [6.07, 6.45) is -2.40. The molecule has 0 aliphatic heterocycles. The second-order valence-corrected chi connectivity index (χ2v) is 5.35. The van der Waals surface area contributed by atoms with Crippen LogP contribution in [0.3, 0.4) is 0 Å². The predicted octanol–water partition coefficient (Wildman–Crippen LogP) is 2.19. The number of carbonyl (C=O) groups excluding carboxylic acids is 1. The van der Waals surface area contributed by atoms with Crippen molar-refractivity contribution < 1.29 is 24.1 Å². The molecule has 0 aliphatic rings. The third-order valence-electron chi connectivity index (χ3n) is 3.19. The SMILES string of the molecule is O=C(NCC(O)C(O)c1cnc(Cl)c(F)c1)OCc1ccccc1. The Hall–Kier alpha value is -2.22. The minimum Gasteiger partial charge on any atom is -0.445 e. The molecule has 0 saturated heterocycles. The first-order chi connectivity index (χ1) is 11.5. The Morgan fingerprint density at radius 2 is 2.04 bits per heavy atom. The summed E-state index contributed by atoms with van der Waals surface area (Å²) in [5.74, 6) is -0.810. The van der Waals surface area contributed by atoms with Crippen LogP contribution in [0, 0.1) is 5.82 Å². The lowest BCUT2D eigenvalue weighted by molar-refractivity contribution is 0.0180. The van der Waals surface area contributed by atoms with E-state index in [0.717, 1.165) is 17.8 Å². The zero-order valence-electron chi connectivity index (χ0n) is 12.5. The lowest BCUT2D eigenvalue weighted by Crippen LogP contribution is -2.35. The van der Waals surface area contributed by atoms with Gasteiger partial charge in [-0.1, -0.05) is 41.9 Å². The number of carbonyl (C=O) groups is 1. The van der Waals surface area contributed by atoms with Crippen molar-refractivity contribution >= 4 is 17.7 Å². The first kappa shape index (κ1) is 18.1. The molecule has 24 heavy (non-hydrogen) atoms. The summed E-state index contributed by atoms with van der Waals surface area (Å²) in [7, 11) is 0. The summed E-state index contributed by atoms with van der Waals surface area (Å²) < 4.78 is 18.3. The molecule has 2 aromatic rings. The van der Waals surface area contributed by atoms with Gasteiger partial charge in [0.05, 0.1) is 0 Å². The summed E-state index contributed by atoms with van der Waals surface area (Å²) in [6.45, 7) is -0.198. The van der Waals surface area contributed by atoms with Gasteiger partial charge >= 0.3 is 6.09 Å². The van der Waals surface area contributed by atoms with Crippen LogP contribution in [0.25, 0.3) is 0 Å². The van der Waals surface area contributed by atoms with Gasteiger partial charge in [-0.25, -0.2) is 14.2 Å². The van der Waals surface area contributed by atoms with Crippen LogP contribution >= 0.6 is 11.6 Å². The maximum atomic E-state index is 13.3. The van der Waals surface area contributed by atoms with Crippen molar-refractivity contribution in [1.82, 2.24) is 10.3 Å². The van der Waals surface area contributed by atoms with Crippen molar-refractivity contribution in [3.63, 3.8) is 0 Å². The number of aromatic nitrogens is 1. The maximum absolute atomic E-state index is 13.3. The molecule has 2 rings (SSSR count). The molecular formula is C16H16ClFN2O4. The minimum absolute atomic E-state index is 0.0452. The monoisotopic (exact) mass is 354 g/mol. The van der Waals surface area contributed by atoms with Crippen molar-refractivity contribution in [3.05, 3.63) is 64.7 Å². The highest BCUT2D eigenvalue weighted by molar-refractivity contribution is 6.29. The number of pyridine rings is 1. The van der Waals surface area contributed by atoms with Gasteiger partial charge in [-0.2, -0.15) is 0 Å². The molecule has 8 heteroatoms. The highest BCUT2D eigenvalue weighted by atomic mass is 35.5. The van der Waals surface area contributed by atoms with Gasteiger partial charge in [0.25, 0.3) is 0 Å². The molecule has 2 unspecified atom stereocenters. The van der Waals surface area contributed by atoms with E-state index in [-0.39, 0.29) is 23.9 Å². The molecule has 0 aliphatic carbocycles. The zero-order valence-corrected chi connectivity index (χ0v) is 13.3. The van der Waals surface area contributed by atoms with E-state index in [9.17, 15) is 19.4 Å². The van der Waals surface area contributed by atoms with Crippen LogP contribution in [0.4, 0.5) is 9.18 Å². The third kappa shape index (κ3) is 5.16. The van der Waals surface area contributed by atoms with Crippen molar-refractivity contribution in [1.29, 1.82) is 0 Å². The quantitative estimate of drug-likeness (QED) is 0.692. The van der Waals surface area contributed by atoms with Crippen LogP contribution in [0.5, 0.6) is 0 Å². The molecule has 0 fully saturated rings. The molecule has 0 spiro atoms. The van der Waals surface area contributed by atoms with Crippen molar-refractivity contribution in [3.8, 4) is 0 Å². The number of aliphatic hydroxyl groups excluding tert-OH is 2. The number of halogens is 2. The van der Waals surface area contributed by atoms with E-state index in [4.69, 9.17) is 16.3 Å². The van der Waals surface area contributed by atoms with Crippen molar-refractivity contribution in [2.45, 2.75) is 18.8 Å². The van der Waals surface area contributed by atoms with Gasteiger partial charge in [-0.3, -0.25) is 0 Å². The van der Waals surface area contributed by atoms with E-state index >= 15 is 0 Å². The smallest absolute Gasteiger partial charge is 0.407 e. The number of ether oxygens (including phenoxy) is 1.